The fourth-order valence-electron chi connectivity index (χ4n) is 1.12. The van der Waals surface area contributed by atoms with E-state index in [9.17, 15) is 18.2 Å². The van der Waals surface area contributed by atoms with Crippen LogP contribution in [0, 0.1) is 5.82 Å². The number of halogens is 1. The van der Waals surface area contributed by atoms with Gasteiger partial charge in [-0.2, -0.15) is 0 Å². The van der Waals surface area contributed by atoms with Gasteiger partial charge < -0.3 is 5.73 Å². The largest absolute Gasteiger partial charge is 0.351 e. The Morgan fingerprint density at radius 1 is 1.41 bits per heavy atom. The smallest absolute Gasteiger partial charge is 0.318 e. The second-order valence-electron chi connectivity index (χ2n) is 3.22. The molecule has 2 unspecified atom stereocenters. The van der Waals surface area contributed by atoms with Crippen LogP contribution in [-0.2, 0) is 15.6 Å². The molecule has 3 amide bonds. The van der Waals surface area contributed by atoms with E-state index >= 15 is 0 Å². The minimum absolute atomic E-state index is 0.0837. The first kappa shape index (κ1) is 13.3. The minimum Gasteiger partial charge on any atom is -0.351 e. The number of carbonyl (C=O) groups is 2. The Morgan fingerprint density at radius 3 is 2.53 bits per heavy atom. The fourth-order valence-corrected chi connectivity index (χ4v) is 2.23. The van der Waals surface area contributed by atoms with Crippen LogP contribution >= 0.6 is 0 Å². The lowest BCUT2D eigenvalue weighted by Crippen LogP contribution is -2.42. The summed E-state index contributed by atoms with van der Waals surface area (Å²) in [6, 6.07) is 4.39. The summed E-state index contributed by atoms with van der Waals surface area (Å²) >= 11 is 0. The standard InChI is InChI=1S/C10H11FN2O3S/c1-6(9(14)13-10(12)15)17(16)8-5-3-2-4-7(8)11/h2-6H,1H3,(H3,12,13,14,15). The van der Waals surface area contributed by atoms with Crippen molar-refractivity contribution in [1.82, 2.24) is 5.32 Å². The van der Waals surface area contributed by atoms with Crippen LogP contribution in [0.2, 0.25) is 0 Å². The normalized spacial score (nSPS) is 13.8. The van der Waals surface area contributed by atoms with Crippen molar-refractivity contribution in [1.29, 1.82) is 0 Å². The molecule has 3 N–H and O–H groups in total. The van der Waals surface area contributed by atoms with Crippen LogP contribution in [0.15, 0.2) is 29.2 Å². The molecular weight excluding hydrogens is 247 g/mol. The fraction of sp³-hybridized carbons (Fsp3) is 0.200. The first-order valence-electron chi connectivity index (χ1n) is 4.69. The molecule has 17 heavy (non-hydrogen) atoms. The number of urea groups is 1. The van der Waals surface area contributed by atoms with E-state index in [1.54, 1.807) is 5.32 Å². The van der Waals surface area contributed by atoms with E-state index in [0.29, 0.717) is 0 Å². The molecule has 1 rings (SSSR count). The average Bonchev–Trinajstić information content (AvgIpc) is 2.27. The van der Waals surface area contributed by atoms with E-state index in [1.165, 1.54) is 25.1 Å². The van der Waals surface area contributed by atoms with Crippen molar-refractivity contribution in [2.75, 3.05) is 0 Å². The number of rotatable bonds is 3. The number of hydrogen-bond acceptors (Lipinski definition) is 3. The number of amides is 3. The van der Waals surface area contributed by atoms with Crippen LogP contribution < -0.4 is 11.1 Å². The van der Waals surface area contributed by atoms with Crippen LogP contribution in [0.3, 0.4) is 0 Å². The third kappa shape index (κ3) is 3.35. The quantitative estimate of drug-likeness (QED) is 0.828. The van der Waals surface area contributed by atoms with E-state index in [0.717, 1.165) is 6.07 Å². The van der Waals surface area contributed by atoms with Gasteiger partial charge in [0.2, 0.25) is 5.91 Å². The molecule has 0 saturated carbocycles. The van der Waals surface area contributed by atoms with Crippen molar-refractivity contribution in [3.05, 3.63) is 30.1 Å². The highest BCUT2D eigenvalue weighted by Crippen LogP contribution is 2.15. The summed E-state index contributed by atoms with van der Waals surface area (Å²) in [7, 11) is -1.88. The van der Waals surface area contributed by atoms with Crippen molar-refractivity contribution in [2.45, 2.75) is 17.1 Å². The van der Waals surface area contributed by atoms with Gasteiger partial charge in [-0.05, 0) is 19.1 Å². The van der Waals surface area contributed by atoms with E-state index in [2.05, 4.69) is 0 Å². The molecule has 0 radical (unpaired) electrons. The van der Waals surface area contributed by atoms with Gasteiger partial charge in [0.1, 0.15) is 11.1 Å². The van der Waals surface area contributed by atoms with Crippen LogP contribution in [0.25, 0.3) is 0 Å². The molecule has 0 heterocycles. The van der Waals surface area contributed by atoms with Crippen LogP contribution in [-0.4, -0.2) is 21.4 Å². The van der Waals surface area contributed by atoms with Crippen molar-refractivity contribution in [3.63, 3.8) is 0 Å². The van der Waals surface area contributed by atoms with Crippen LogP contribution in [0.5, 0.6) is 0 Å². The molecule has 1 aromatic rings. The zero-order chi connectivity index (χ0) is 13.0. The Balaban J connectivity index is 2.87. The molecular formula is C10H11FN2O3S. The van der Waals surface area contributed by atoms with Gasteiger partial charge in [0.25, 0.3) is 0 Å². The number of nitrogens with two attached hydrogens (primary N) is 1. The Bertz CT molecular complexity index is 478. The zero-order valence-electron chi connectivity index (χ0n) is 8.98. The minimum atomic E-state index is -1.88. The first-order chi connectivity index (χ1) is 7.93. The lowest BCUT2D eigenvalue weighted by atomic mass is 10.3. The number of primary amides is 1. The number of carbonyl (C=O) groups excluding carboxylic acids is 2. The number of nitrogens with one attached hydrogen (secondary N) is 1. The van der Waals surface area contributed by atoms with Crippen LogP contribution in [0.1, 0.15) is 6.92 Å². The predicted molar refractivity (Wildman–Crippen MR) is 60.0 cm³/mol. The molecule has 2 atom stereocenters. The lowest BCUT2D eigenvalue weighted by molar-refractivity contribution is -0.119. The van der Waals surface area contributed by atoms with Gasteiger partial charge in [0.15, 0.2) is 0 Å². The SMILES string of the molecule is CC(C(=O)NC(N)=O)S(=O)c1ccccc1F. The lowest BCUT2D eigenvalue weighted by Gasteiger charge is -2.10. The number of hydrogen-bond donors (Lipinski definition) is 2. The zero-order valence-corrected chi connectivity index (χ0v) is 9.79. The maximum Gasteiger partial charge on any atom is 0.318 e. The number of benzene rings is 1. The maximum atomic E-state index is 13.3. The summed E-state index contributed by atoms with van der Waals surface area (Å²) in [5, 5.41) is 0.727. The highest BCUT2D eigenvalue weighted by atomic mass is 32.2. The Kier molecular flexibility index (Phi) is 4.33. The highest BCUT2D eigenvalue weighted by molar-refractivity contribution is 7.86. The molecule has 0 aromatic heterocycles. The molecule has 0 aliphatic rings. The first-order valence-corrected chi connectivity index (χ1v) is 5.90. The molecule has 0 saturated heterocycles. The summed E-state index contributed by atoms with van der Waals surface area (Å²) in [4.78, 5) is 21.7. The molecule has 0 fully saturated rings. The van der Waals surface area contributed by atoms with Crippen molar-refractivity contribution >= 4 is 22.7 Å². The van der Waals surface area contributed by atoms with E-state index in [-0.39, 0.29) is 4.90 Å². The van der Waals surface area contributed by atoms with E-state index < -0.39 is 33.8 Å². The monoisotopic (exact) mass is 258 g/mol. The van der Waals surface area contributed by atoms with Gasteiger partial charge in [-0.1, -0.05) is 12.1 Å². The molecule has 7 heteroatoms. The third-order valence-electron chi connectivity index (χ3n) is 1.99. The van der Waals surface area contributed by atoms with Gasteiger partial charge in [-0.3, -0.25) is 14.3 Å². The molecule has 92 valence electrons. The molecule has 0 aliphatic carbocycles. The van der Waals surface area contributed by atoms with Gasteiger partial charge >= 0.3 is 6.03 Å². The summed E-state index contributed by atoms with van der Waals surface area (Å²) in [6.07, 6.45) is 0. The molecule has 0 spiro atoms. The molecule has 1 aromatic carbocycles. The topological polar surface area (TPSA) is 89.3 Å². The predicted octanol–water partition coefficient (Wildman–Crippen LogP) is 0.517. The third-order valence-corrected chi connectivity index (χ3v) is 3.61. The second-order valence-corrected chi connectivity index (χ2v) is 4.97. The summed E-state index contributed by atoms with van der Waals surface area (Å²) in [5.41, 5.74) is 4.76. The summed E-state index contributed by atoms with van der Waals surface area (Å²) < 4.78 is 25.2. The number of imide groups is 1. The highest BCUT2D eigenvalue weighted by Gasteiger charge is 2.24. The van der Waals surface area contributed by atoms with Gasteiger partial charge in [0, 0.05) is 0 Å². The Morgan fingerprint density at radius 2 is 2.00 bits per heavy atom. The Hall–Kier alpha value is -1.76. The van der Waals surface area contributed by atoms with E-state index in [4.69, 9.17) is 5.73 Å². The van der Waals surface area contributed by atoms with E-state index in [1.807, 2.05) is 0 Å². The van der Waals surface area contributed by atoms with Crippen LogP contribution in [0.4, 0.5) is 9.18 Å². The second kappa shape index (κ2) is 5.53. The summed E-state index contributed by atoms with van der Waals surface area (Å²) in [5.74, 6) is -1.47. The van der Waals surface area contributed by atoms with Crippen molar-refractivity contribution in [2.24, 2.45) is 5.73 Å². The van der Waals surface area contributed by atoms with Gasteiger partial charge in [-0.15, -0.1) is 0 Å². The molecule has 0 bridgehead atoms. The van der Waals surface area contributed by atoms with Gasteiger partial charge in [-0.25, -0.2) is 9.18 Å². The van der Waals surface area contributed by atoms with Gasteiger partial charge in [0.05, 0.1) is 15.7 Å². The molecule has 5 nitrogen and oxygen atoms in total. The summed E-state index contributed by atoms with van der Waals surface area (Å²) in [6.45, 7) is 1.32. The maximum absolute atomic E-state index is 13.3. The van der Waals surface area contributed by atoms with Crippen molar-refractivity contribution in [3.8, 4) is 0 Å². The molecule has 0 aliphatic heterocycles. The Labute approximate surface area is 99.6 Å². The average molecular weight is 258 g/mol. The van der Waals surface area contributed by atoms with Crippen molar-refractivity contribution < 1.29 is 18.2 Å².